The van der Waals surface area contributed by atoms with Crippen molar-refractivity contribution in [3.63, 3.8) is 0 Å². The largest absolute Gasteiger partial charge is 0.508 e. The Hall–Kier alpha value is -2.31. The highest BCUT2D eigenvalue weighted by molar-refractivity contribution is 6.21. The van der Waals surface area contributed by atoms with Crippen LogP contribution >= 0.6 is 11.6 Å². The SMILES string of the molecule is Oc1cc(O)c2c(c1)OC(c1ccc(O)c(O)c1)C(O)C2Cl. The van der Waals surface area contributed by atoms with Crippen LogP contribution in [0.1, 0.15) is 22.6 Å². The molecule has 1 aliphatic heterocycles. The van der Waals surface area contributed by atoms with Gasteiger partial charge in [-0.25, -0.2) is 0 Å². The standard InChI is InChI=1S/C15H13ClO6/c16-13-12-10(20)4-7(17)5-11(12)22-15(14(13)21)6-1-2-8(18)9(19)3-6/h1-5,13-15,17-21H. The van der Waals surface area contributed by atoms with Gasteiger partial charge in [0, 0.05) is 12.1 Å². The van der Waals surface area contributed by atoms with Crippen molar-refractivity contribution in [3.8, 4) is 28.7 Å². The number of phenols is 4. The Kier molecular flexibility index (Phi) is 3.42. The lowest BCUT2D eigenvalue weighted by atomic mass is 9.93. The topological polar surface area (TPSA) is 110 Å². The normalized spacial score (nSPS) is 23.6. The first-order valence-corrected chi connectivity index (χ1v) is 6.88. The minimum absolute atomic E-state index is 0.139. The number of ether oxygens (including phenoxy) is 1. The molecule has 7 heteroatoms. The summed E-state index contributed by atoms with van der Waals surface area (Å²) in [5, 5.41) is 47.7. The number of phenolic OH excluding ortho intramolecular Hbond substituents is 4. The second-order valence-electron chi connectivity index (χ2n) is 5.06. The molecule has 0 aromatic heterocycles. The van der Waals surface area contributed by atoms with Crippen LogP contribution in [0.2, 0.25) is 0 Å². The summed E-state index contributed by atoms with van der Waals surface area (Å²) < 4.78 is 5.61. The average molecular weight is 325 g/mol. The molecule has 3 atom stereocenters. The van der Waals surface area contributed by atoms with E-state index in [4.69, 9.17) is 16.3 Å². The zero-order chi connectivity index (χ0) is 16.0. The van der Waals surface area contributed by atoms with Crippen molar-refractivity contribution in [2.45, 2.75) is 17.6 Å². The molecule has 2 aromatic rings. The Morgan fingerprint density at radius 2 is 1.64 bits per heavy atom. The summed E-state index contributed by atoms with van der Waals surface area (Å²) in [5.41, 5.74) is 0.577. The Morgan fingerprint density at radius 3 is 2.32 bits per heavy atom. The fraction of sp³-hybridized carbons (Fsp3) is 0.200. The fourth-order valence-electron chi connectivity index (χ4n) is 2.49. The first kappa shape index (κ1) is 14.6. The highest BCUT2D eigenvalue weighted by Gasteiger charge is 2.39. The number of benzene rings is 2. The van der Waals surface area contributed by atoms with E-state index in [1.807, 2.05) is 0 Å². The lowest BCUT2D eigenvalue weighted by molar-refractivity contribution is 0.0158. The van der Waals surface area contributed by atoms with Crippen molar-refractivity contribution in [2.75, 3.05) is 0 Å². The molecule has 1 aliphatic rings. The van der Waals surface area contributed by atoms with Crippen molar-refractivity contribution in [1.82, 2.24) is 0 Å². The van der Waals surface area contributed by atoms with Crippen LogP contribution < -0.4 is 4.74 Å². The molecule has 0 fully saturated rings. The van der Waals surface area contributed by atoms with E-state index >= 15 is 0 Å². The van der Waals surface area contributed by atoms with E-state index in [1.54, 1.807) is 0 Å². The lowest BCUT2D eigenvalue weighted by Crippen LogP contribution is -2.32. The molecule has 116 valence electrons. The predicted octanol–water partition coefficient (Wildman–Crippen LogP) is 2.28. The number of aliphatic hydroxyl groups excluding tert-OH is 1. The van der Waals surface area contributed by atoms with Crippen molar-refractivity contribution >= 4 is 11.6 Å². The second kappa shape index (κ2) is 5.15. The van der Waals surface area contributed by atoms with Crippen molar-refractivity contribution in [2.24, 2.45) is 0 Å². The summed E-state index contributed by atoms with van der Waals surface area (Å²) in [7, 11) is 0. The van der Waals surface area contributed by atoms with Crippen LogP contribution in [0, 0.1) is 0 Å². The Morgan fingerprint density at radius 1 is 0.909 bits per heavy atom. The van der Waals surface area contributed by atoms with Crippen LogP contribution in [0.3, 0.4) is 0 Å². The Balaban J connectivity index is 2.06. The van der Waals surface area contributed by atoms with E-state index < -0.39 is 17.6 Å². The second-order valence-corrected chi connectivity index (χ2v) is 5.53. The molecule has 0 bridgehead atoms. The molecule has 0 amide bonds. The number of alkyl halides is 1. The fourth-order valence-corrected chi connectivity index (χ4v) is 2.84. The number of hydrogen-bond donors (Lipinski definition) is 5. The highest BCUT2D eigenvalue weighted by Crippen LogP contribution is 2.49. The molecule has 1 heterocycles. The minimum Gasteiger partial charge on any atom is -0.508 e. The van der Waals surface area contributed by atoms with Crippen molar-refractivity contribution in [1.29, 1.82) is 0 Å². The van der Waals surface area contributed by atoms with Crippen LogP contribution in [0.15, 0.2) is 30.3 Å². The quantitative estimate of drug-likeness (QED) is 0.406. The van der Waals surface area contributed by atoms with Crippen LogP contribution in [0.25, 0.3) is 0 Å². The van der Waals surface area contributed by atoms with Gasteiger partial charge in [0.05, 0.1) is 10.9 Å². The van der Waals surface area contributed by atoms with E-state index in [-0.39, 0.29) is 34.3 Å². The van der Waals surface area contributed by atoms with E-state index in [1.165, 1.54) is 24.3 Å². The Bertz CT molecular complexity index is 732. The van der Waals surface area contributed by atoms with Crippen molar-refractivity contribution in [3.05, 3.63) is 41.5 Å². The van der Waals surface area contributed by atoms with Gasteiger partial charge in [-0.05, 0) is 17.7 Å². The molecule has 0 saturated heterocycles. The summed E-state index contributed by atoms with van der Waals surface area (Å²) in [6.45, 7) is 0. The number of halogens is 1. The summed E-state index contributed by atoms with van der Waals surface area (Å²) in [5.74, 6) is -0.999. The number of aromatic hydroxyl groups is 4. The van der Waals surface area contributed by atoms with Gasteiger partial charge in [0.25, 0.3) is 0 Å². The summed E-state index contributed by atoms with van der Waals surface area (Å²) in [6.07, 6.45) is -2.13. The zero-order valence-corrected chi connectivity index (χ0v) is 11.9. The molecule has 3 rings (SSSR count). The minimum atomic E-state index is -1.20. The van der Waals surface area contributed by atoms with Crippen LogP contribution in [-0.4, -0.2) is 31.6 Å². The maximum absolute atomic E-state index is 10.3. The molecule has 2 aromatic carbocycles. The number of rotatable bonds is 1. The van der Waals surface area contributed by atoms with E-state index in [2.05, 4.69) is 0 Å². The van der Waals surface area contributed by atoms with Crippen LogP contribution in [0.4, 0.5) is 0 Å². The van der Waals surface area contributed by atoms with Gasteiger partial charge in [-0.3, -0.25) is 0 Å². The lowest BCUT2D eigenvalue weighted by Gasteiger charge is -2.34. The molecule has 22 heavy (non-hydrogen) atoms. The van der Waals surface area contributed by atoms with E-state index in [9.17, 15) is 25.5 Å². The monoisotopic (exact) mass is 324 g/mol. The van der Waals surface area contributed by atoms with Crippen molar-refractivity contribution < 1.29 is 30.3 Å². The zero-order valence-electron chi connectivity index (χ0n) is 11.1. The third kappa shape index (κ3) is 2.26. The third-order valence-corrected chi connectivity index (χ3v) is 4.05. The number of fused-ring (bicyclic) bond motifs is 1. The number of hydrogen-bond acceptors (Lipinski definition) is 6. The van der Waals surface area contributed by atoms with Gasteiger partial charge in [0.2, 0.25) is 0 Å². The first-order chi connectivity index (χ1) is 10.4. The molecule has 0 saturated carbocycles. The molecular weight excluding hydrogens is 312 g/mol. The maximum atomic E-state index is 10.3. The van der Waals surface area contributed by atoms with E-state index in [0.717, 1.165) is 6.07 Å². The maximum Gasteiger partial charge on any atom is 0.157 e. The van der Waals surface area contributed by atoms with Gasteiger partial charge in [-0.2, -0.15) is 0 Å². The average Bonchev–Trinajstić information content (AvgIpc) is 2.45. The molecular formula is C15H13ClO6. The molecule has 0 aliphatic carbocycles. The molecule has 5 N–H and O–H groups in total. The van der Waals surface area contributed by atoms with Gasteiger partial charge in [0.15, 0.2) is 17.6 Å². The molecule has 0 radical (unpaired) electrons. The first-order valence-electron chi connectivity index (χ1n) is 6.45. The molecule has 6 nitrogen and oxygen atoms in total. The summed E-state index contributed by atoms with van der Waals surface area (Å²) >= 11 is 6.19. The van der Waals surface area contributed by atoms with Gasteiger partial charge < -0.3 is 30.3 Å². The van der Waals surface area contributed by atoms with Gasteiger partial charge in [-0.15, -0.1) is 11.6 Å². The third-order valence-electron chi connectivity index (χ3n) is 3.57. The smallest absolute Gasteiger partial charge is 0.157 e. The summed E-state index contributed by atoms with van der Waals surface area (Å²) in [4.78, 5) is 0. The van der Waals surface area contributed by atoms with Gasteiger partial charge in [0.1, 0.15) is 23.4 Å². The highest BCUT2D eigenvalue weighted by atomic mass is 35.5. The Labute approximate surface area is 130 Å². The van der Waals surface area contributed by atoms with Gasteiger partial charge in [-0.1, -0.05) is 6.07 Å². The number of aliphatic hydroxyl groups is 1. The van der Waals surface area contributed by atoms with Crippen LogP contribution in [0.5, 0.6) is 28.7 Å². The predicted molar refractivity (Wildman–Crippen MR) is 77.5 cm³/mol. The molecule has 3 unspecified atom stereocenters. The van der Waals surface area contributed by atoms with E-state index in [0.29, 0.717) is 5.56 Å². The van der Waals surface area contributed by atoms with Crippen LogP contribution in [-0.2, 0) is 0 Å². The summed E-state index contributed by atoms with van der Waals surface area (Å²) in [6, 6.07) is 6.38. The van der Waals surface area contributed by atoms with Gasteiger partial charge >= 0.3 is 0 Å². The molecule has 0 spiro atoms.